The number of ether oxygens (including phenoxy) is 1. The van der Waals surface area contributed by atoms with Crippen molar-refractivity contribution in [2.45, 2.75) is 95.8 Å². The molecule has 0 bridgehead atoms. The average Bonchev–Trinajstić information content (AvgIpc) is 2.51. The first-order chi connectivity index (χ1) is 11.4. The van der Waals surface area contributed by atoms with E-state index < -0.39 is 30.1 Å². The molecule has 9 heteroatoms. The Kier molecular flexibility index (Phi) is 9.79. The van der Waals surface area contributed by atoms with Gasteiger partial charge in [-0.05, 0) is 19.3 Å². The highest BCUT2D eigenvalue weighted by atomic mass is 19.4. The largest absolute Gasteiger partial charge is 0.460 e. The van der Waals surface area contributed by atoms with Gasteiger partial charge in [-0.1, -0.05) is 52.4 Å². The van der Waals surface area contributed by atoms with Crippen LogP contribution in [0.25, 0.3) is 0 Å². The summed E-state index contributed by atoms with van der Waals surface area (Å²) in [4.78, 5) is 11.2. The van der Waals surface area contributed by atoms with Gasteiger partial charge in [0.15, 0.2) is 0 Å². The summed E-state index contributed by atoms with van der Waals surface area (Å²) in [5, 5.41) is 0. The molecule has 0 aliphatic rings. The molecule has 0 aromatic rings. The Morgan fingerprint density at radius 3 is 1.76 bits per heavy atom. The number of hydrogen-bond donors (Lipinski definition) is 0. The third-order valence-electron chi connectivity index (χ3n) is 3.87. The second-order valence-corrected chi connectivity index (χ2v) is 5.99. The van der Waals surface area contributed by atoms with E-state index in [0.717, 1.165) is 38.5 Å². The molecular weight excluding hydrogens is 357 g/mol. The predicted molar refractivity (Wildman–Crippen MR) is 78.7 cm³/mol. The Balaban J connectivity index is 4.49. The maximum absolute atomic E-state index is 13.2. The van der Waals surface area contributed by atoms with Gasteiger partial charge < -0.3 is 4.74 Å². The SMILES string of the molecule is CCCCCCCCCC(CC)OC(=O)C(F)(F)C(F)(F)C(F)(F)F. The summed E-state index contributed by atoms with van der Waals surface area (Å²) in [6.07, 6.45) is -1.05. The van der Waals surface area contributed by atoms with Crippen molar-refractivity contribution in [3.05, 3.63) is 0 Å². The zero-order valence-electron chi connectivity index (χ0n) is 14.4. The molecule has 2 nitrogen and oxygen atoms in total. The number of carbonyl (C=O) groups is 1. The molecule has 150 valence electrons. The van der Waals surface area contributed by atoms with Gasteiger partial charge in [0.05, 0.1) is 0 Å². The van der Waals surface area contributed by atoms with E-state index in [1.807, 2.05) is 0 Å². The molecule has 0 aliphatic carbocycles. The van der Waals surface area contributed by atoms with E-state index in [-0.39, 0.29) is 12.8 Å². The van der Waals surface area contributed by atoms with Gasteiger partial charge in [0.25, 0.3) is 0 Å². The number of carbonyl (C=O) groups excluding carboxylic acids is 1. The molecule has 0 fully saturated rings. The average molecular weight is 382 g/mol. The summed E-state index contributed by atoms with van der Waals surface area (Å²) < 4.78 is 92.4. The van der Waals surface area contributed by atoms with Crippen LogP contribution in [0.15, 0.2) is 0 Å². The van der Waals surface area contributed by atoms with Gasteiger partial charge in [0.2, 0.25) is 0 Å². The number of alkyl halides is 7. The highest BCUT2D eigenvalue weighted by Crippen LogP contribution is 2.47. The molecular formula is C16H25F7O2. The van der Waals surface area contributed by atoms with Crippen molar-refractivity contribution in [3.63, 3.8) is 0 Å². The van der Waals surface area contributed by atoms with Crippen LogP contribution in [0.1, 0.15) is 71.6 Å². The molecule has 25 heavy (non-hydrogen) atoms. The minimum absolute atomic E-state index is 0.0508. The molecule has 0 heterocycles. The van der Waals surface area contributed by atoms with Crippen LogP contribution in [-0.4, -0.2) is 30.1 Å². The number of esters is 1. The van der Waals surface area contributed by atoms with E-state index in [4.69, 9.17) is 0 Å². The van der Waals surface area contributed by atoms with Gasteiger partial charge in [0.1, 0.15) is 6.10 Å². The summed E-state index contributed by atoms with van der Waals surface area (Å²) in [6, 6.07) is 0. The Morgan fingerprint density at radius 2 is 1.32 bits per heavy atom. The molecule has 0 aromatic carbocycles. The normalized spacial score (nSPS) is 14.4. The summed E-state index contributed by atoms with van der Waals surface area (Å²) in [7, 11) is 0. The highest BCUT2D eigenvalue weighted by molar-refractivity contribution is 5.79. The fourth-order valence-electron chi connectivity index (χ4n) is 2.21. The number of hydrogen-bond acceptors (Lipinski definition) is 2. The van der Waals surface area contributed by atoms with Gasteiger partial charge in [-0.2, -0.15) is 30.7 Å². The number of rotatable bonds is 12. The predicted octanol–water partition coefficient (Wildman–Crippen LogP) is 6.28. The quantitative estimate of drug-likeness (QED) is 0.225. The second-order valence-electron chi connectivity index (χ2n) is 5.99. The van der Waals surface area contributed by atoms with Crippen molar-refractivity contribution < 1.29 is 40.3 Å². The van der Waals surface area contributed by atoms with Crippen LogP contribution in [0, 0.1) is 0 Å². The Hall–Kier alpha value is -1.02. The topological polar surface area (TPSA) is 26.3 Å². The Bertz CT molecular complexity index is 394. The van der Waals surface area contributed by atoms with Crippen LogP contribution in [0.4, 0.5) is 30.7 Å². The first-order valence-corrected chi connectivity index (χ1v) is 8.45. The number of unbranched alkanes of at least 4 members (excludes halogenated alkanes) is 6. The van der Waals surface area contributed by atoms with Crippen LogP contribution in [-0.2, 0) is 9.53 Å². The zero-order valence-corrected chi connectivity index (χ0v) is 14.4. The van der Waals surface area contributed by atoms with Crippen LogP contribution in [0.3, 0.4) is 0 Å². The molecule has 0 saturated carbocycles. The van der Waals surface area contributed by atoms with E-state index >= 15 is 0 Å². The van der Waals surface area contributed by atoms with E-state index in [1.54, 1.807) is 0 Å². The van der Waals surface area contributed by atoms with Crippen molar-refractivity contribution >= 4 is 5.97 Å². The third-order valence-corrected chi connectivity index (χ3v) is 3.87. The molecule has 0 saturated heterocycles. The fourth-order valence-corrected chi connectivity index (χ4v) is 2.21. The molecule has 0 N–H and O–H groups in total. The van der Waals surface area contributed by atoms with Crippen molar-refractivity contribution in [2.24, 2.45) is 0 Å². The fraction of sp³-hybridized carbons (Fsp3) is 0.938. The van der Waals surface area contributed by atoms with E-state index in [0.29, 0.717) is 6.42 Å². The first kappa shape index (κ1) is 24.0. The van der Waals surface area contributed by atoms with E-state index in [1.165, 1.54) is 6.92 Å². The summed E-state index contributed by atoms with van der Waals surface area (Å²) in [6.45, 7) is 3.54. The zero-order chi connectivity index (χ0) is 19.7. The second kappa shape index (κ2) is 10.2. The molecule has 0 spiro atoms. The van der Waals surface area contributed by atoms with Crippen molar-refractivity contribution in [1.29, 1.82) is 0 Å². The molecule has 1 unspecified atom stereocenters. The first-order valence-electron chi connectivity index (χ1n) is 8.45. The highest BCUT2D eigenvalue weighted by Gasteiger charge is 2.77. The van der Waals surface area contributed by atoms with Crippen LogP contribution in [0.5, 0.6) is 0 Å². The van der Waals surface area contributed by atoms with Crippen molar-refractivity contribution in [1.82, 2.24) is 0 Å². The lowest BCUT2D eigenvalue weighted by molar-refractivity contribution is -0.349. The smallest absolute Gasteiger partial charge is 0.458 e. The minimum Gasteiger partial charge on any atom is -0.458 e. The van der Waals surface area contributed by atoms with E-state index in [9.17, 15) is 35.5 Å². The lowest BCUT2D eigenvalue weighted by Gasteiger charge is -2.28. The molecule has 0 rings (SSSR count). The Morgan fingerprint density at radius 1 is 0.840 bits per heavy atom. The van der Waals surface area contributed by atoms with Gasteiger partial charge in [-0.3, -0.25) is 0 Å². The van der Waals surface area contributed by atoms with Crippen LogP contribution in [0.2, 0.25) is 0 Å². The lowest BCUT2D eigenvalue weighted by atomic mass is 10.0. The summed E-state index contributed by atoms with van der Waals surface area (Å²) in [5.41, 5.74) is 0. The van der Waals surface area contributed by atoms with Crippen molar-refractivity contribution in [2.75, 3.05) is 0 Å². The van der Waals surface area contributed by atoms with E-state index in [2.05, 4.69) is 11.7 Å². The summed E-state index contributed by atoms with van der Waals surface area (Å²) >= 11 is 0. The monoisotopic (exact) mass is 382 g/mol. The molecule has 0 radical (unpaired) electrons. The van der Waals surface area contributed by atoms with Gasteiger partial charge in [-0.15, -0.1) is 0 Å². The third kappa shape index (κ3) is 7.01. The number of halogens is 7. The molecule has 0 aromatic heterocycles. The van der Waals surface area contributed by atoms with Crippen molar-refractivity contribution in [3.8, 4) is 0 Å². The maximum atomic E-state index is 13.2. The molecule has 0 amide bonds. The van der Waals surface area contributed by atoms with Gasteiger partial charge in [-0.25, -0.2) is 4.79 Å². The standard InChI is InChI=1S/C16H25F7O2/c1-3-5-6-7-8-9-10-11-12(4-2)25-13(24)14(17,18)15(19,20)16(21,22)23/h12H,3-11H2,1-2H3. The minimum atomic E-state index is -6.55. The Labute approximate surface area is 143 Å². The lowest BCUT2D eigenvalue weighted by Crippen LogP contribution is -2.57. The molecule has 1 atom stereocenters. The van der Waals surface area contributed by atoms with Gasteiger partial charge >= 0.3 is 24.0 Å². The van der Waals surface area contributed by atoms with Gasteiger partial charge in [0, 0.05) is 0 Å². The van der Waals surface area contributed by atoms with Crippen LogP contribution >= 0.6 is 0 Å². The van der Waals surface area contributed by atoms with Crippen LogP contribution < -0.4 is 0 Å². The molecule has 0 aliphatic heterocycles. The summed E-state index contributed by atoms with van der Waals surface area (Å²) in [5.74, 6) is -15.3. The maximum Gasteiger partial charge on any atom is 0.460 e.